The minimum absolute atomic E-state index is 0.0349. The first-order valence-corrected chi connectivity index (χ1v) is 7.33. The number of hydrogen-bond acceptors (Lipinski definition) is 4. The fourth-order valence-corrected chi connectivity index (χ4v) is 2.30. The predicted octanol–water partition coefficient (Wildman–Crippen LogP) is 2.67. The molecule has 1 heterocycles. The van der Waals surface area contributed by atoms with Gasteiger partial charge in [-0.15, -0.1) is 0 Å². The highest BCUT2D eigenvalue weighted by atomic mass is 19.3. The van der Waals surface area contributed by atoms with Crippen LogP contribution < -0.4 is 10.1 Å². The van der Waals surface area contributed by atoms with Gasteiger partial charge in [-0.05, 0) is 31.7 Å². The molecule has 1 N–H and O–H groups in total. The second-order valence-electron chi connectivity index (χ2n) is 5.45. The molecule has 0 bridgehead atoms. The Bertz CT molecular complexity index is 703. The number of likely N-dealkylation sites (N-methyl/N-ethyl adjacent to an activating group) is 1. The number of ether oxygens (including phenoxy) is 1. The highest BCUT2D eigenvalue weighted by Gasteiger charge is 2.15. The molecule has 0 saturated heterocycles. The largest absolute Gasteiger partial charge is 0.495 e. The van der Waals surface area contributed by atoms with Crippen molar-refractivity contribution in [2.75, 3.05) is 26.0 Å². The number of amides is 1. The summed E-state index contributed by atoms with van der Waals surface area (Å²) in [5.41, 5.74) is 1.56. The van der Waals surface area contributed by atoms with E-state index >= 15 is 0 Å². The van der Waals surface area contributed by atoms with E-state index in [2.05, 4.69) is 10.3 Å². The van der Waals surface area contributed by atoms with Crippen LogP contribution in [0.15, 0.2) is 30.6 Å². The van der Waals surface area contributed by atoms with Gasteiger partial charge in [-0.25, -0.2) is 4.98 Å². The number of benzene rings is 1. The van der Waals surface area contributed by atoms with Gasteiger partial charge in [-0.3, -0.25) is 14.3 Å². The first kappa shape index (κ1) is 17.9. The van der Waals surface area contributed by atoms with Gasteiger partial charge < -0.3 is 10.1 Å². The van der Waals surface area contributed by atoms with Crippen molar-refractivity contribution in [3.05, 3.63) is 42.0 Å². The average molecular weight is 338 g/mol. The van der Waals surface area contributed by atoms with Crippen LogP contribution >= 0.6 is 0 Å². The predicted molar refractivity (Wildman–Crippen MR) is 86.2 cm³/mol. The van der Waals surface area contributed by atoms with Gasteiger partial charge in [0, 0.05) is 12.4 Å². The molecule has 0 atom stereocenters. The number of hydrogen-bond donors (Lipinski definition) is 1. The van der Waals surface area contributed by atoms with E-state index in [1.807, 2.05) is 13.0 Å². The van der Waals surface area contributed by atoms with Gasteiger partial charge in [0.05, 0.1) is 25.9 Å². The third-order valence-corrected chi connectivity index (χ3v) is 3.41. The zero-order valence-electron chi connectivity index (χ0n) is 13.8. The summed E-state index contributed by atoms with van der Waals surface area (Å²) in [5, 5.41) is 2.77. The van der Waals surface area contributed by atoms with Crippen molar-refractivity contribution in [3.63, 3.8) is 0 Å². The number of nitrogens with zero attached hydrogens (tertiary/aromatic N) is 3. The Morgan fingerprint density at radius 3 is 2.88 bits per heavy atom. The lowest BCUT2D eigenvalue weighted by Gasteiger charge is -2.17. The molecule has 0 aliphatic heterocycles. The average Bonchev–Trinajstić information content (AvgIpc) is 2.95. The van der Waals surface area contributed by atoms with Crippen LogP contribution in [0.3, 0.4) is 0 Å². The number of carbonyl (C=O) groups excluding carboxylic acids is 1. The van der Waals surface area contributed by atoms with Crippen LogP contribution in [-0.2, 0) is 11.3 Å². The van der Waals surface area contributed by atoms with Gasteiger partial charge in [-0.1, -0.05) is 6.07 Å². The Balaban J connectivity index is 1.97. The molecular weight excluding hydrogens is 318 g/mol. The summed E-state index contributed by atoms with van der Waals surface area (Å²) in [7, 11) is 3.19. The Morgan fingerprint density at radius 1 is 1.46 bits per heavy atom. The van der Waals surface area contributed by atoms with Crippen LogP contribution in [0.5, 0.6) is 5.75 Å². The van der Waals surface area contributed by atoms with E-state index in [4.69, 9.17) is 4.74 Å². The Hall–Kier alpha value is -2.48. The zero-order chi connectivity index (χ0) is 17.7. The van der Waals surface area contributed by atoms with Crippen molar-refractivity contribution in [2.24, 2.45) is 0 Å². The maximum absolute atomic E-state index is 12.8. The smallest absolute Gasteiger partial charge is 0.319 e. The van der Waals surface area contributed by atoms with Gasteiger partial charge in [0.15, 0.2) is 0 Å². The minimum atomic E-state index is -2.65. The second kappa shape index (κ2) is 7.87. The number of aromatic nitrogens is 2. The van der Waals surface area contributed by atoms with Crippen LogP contribution in [0.2, 0.25) is 0 Å². The fraction of sp³-hybridized carbons (Fsp3) is 0.375. The Kier molecular flexibility index (Phi) is 5.86. The second-order valence-corrected chi connectivity index (χ2v) is 5.45. The molecule has 0 radical (unpaired) electrons. The third kappa shape index (κ3) is 4.51. The molecule has 6 nitrogen and oxygen atoms in total. The summed E-state index contributed by atoms with van der Waals surface area (Å²) in [6.07, 6.45) is 2.53. The topological polar surface area (TPSA) is 59.4 Å². The third-order valence-electron chi connectivity index (χ3n) is 3.41. The molecule has 0 saturated carbocycles. The molecule has 2 rings (SSSR count). The summed E-state index contributed by atoms with van der Waals surface area (Å²) in [6.45, 7) is -0.574. The molecule has 0 spiro atoms. The molecule has 1 aromatic heterocycles. The molecule has 8 heteroatoms. The van der Waals surface area contributed by atoms with Crippen LogP contribution in [0.4, 0.5) is 14.5 Å². The lowest BCUT2D eigenvalue weighted by atomic mass is 10.2. The minimum Gasteiger partial charge on any atom is -0.495 e. The molecule has 0 unspecified atom stereocenters. The normalized spacial score (nSPS) is 11.1. The molecule has 0 fully saturated rings. The van der Waals surface area contributed by atoms with Crippen LogP contribution in [0.25, 0.3) is 0 Å². The van der Waals surface area contributed by atoms with Crippen molar-refractivity contribution >= 4 is 11.6 Å². The lowest BCUT2D eigenvalue weighted by molar-refractivity contribution is -0.117. The molecular formula is C16H20F2N4O2. The number of aryl methyl sites for hydroxylation is 1. The van der Waals surface area contributed by atoms with Crippen molar-refractivity contribution in [2.45, 2.75) is 20.0 Å². The standard InChI is InChI=1S/C16H20F2N4O2/c1-11-4-5-13(24-3)12(8-11)20-15(23)10-21(2)9-14-19-6-7-22(14)16(17)18/h4-8,16H,9-10H2,1-3H3,(H,20,23). The summed E-state index contributed by atoms with van der Waals surface area (Å²) in [4.78, 5) is 17.7. The summed E-state index contributed by atoms with van der Waals surface area (Å²) < 4.78 is 31.6. The summed E-state index contributed by atoms with van der Waals surface area (Å²) in [6, 6.07) is 5.46. The number of carbonyl (C=O) groups is 1. The maximum Gasteiger partial charge on any atom is 0.319 e. The van der Waals surface area contributed by atoms with E-state index in [0.29, 0.717) is 11.4 Å². The van der Waals surface area contributed by atoms with Gasteiger partial charge in [0.25, 0.3) is 0 Å². The SMILES string of the molecule is COc1ccc(C)cc1NC(=O)CN(C)Cc1nccn1C(F)F. The highest BCUT2D eigenvalue weighted by Crippen LogP contribution is 2.25. The van der Waals surface area contributed by atoms with E-state index in [9.17, 15) is 13.6 Å². The molecule has 1 amide bonds. The first-order chi connectivity index (χ1) is 11.4. The van der Waals surface area contributed by atoms with Gasteiger partial charge in [0.1, 0.15) is 11.6 Å². The number of alkyl halides is 2. The molecule has 130 valence electrons. The quantitative estimate of drug-likeness (QED) is 0.843. The molecule has 1 aromatic carbocycles. The van der Waals surface area contributed by atoms with Gasteiger partial charge in [0.2, 0.25) is 5.91 Å². The van der Waals surface area contributed by atoms with E-state index in [1.165, 1.54) is 19.5 Å². The van der Waals surface area contributed by atoms with Crippen LogP contribution in [0, 0.1) is 6.92 Å². The Morgan fingerprint density at radius 2 is 2.21 bits per heavy atom. The number of nitrogens with one attached hydrogen (secondary N) is 1. The number of halogens is 2. The van der Waals surface area contributed by atoms with Gasteiger partial charge >= 0.3 is 6.55 Å². The lowest BCUT2D eigenvalue weighted by Crippen LogP contribution is -2.31. The van der Waals surface area contributed by atoms with E-state index < -0.39 is 6.55 Å². The van der Waals surface area contributed by atoms with Crippen LogP contribution in [0.1, 0.15) is 17.9 Å². The monoisotopic (exact) mass is 338 g/mol. The van der Waals surface area contributed by atoms with Crippen LogP contribution in [-0.4, -0.2) is 41.1 Å². The molecule has 24 heavy (non-hydrogen) atoms. The van der Waals surface area contributed by atoms with E-state index in [1.54, 1.807) is 24.1 Å². The first-order valence-electron chi connectivity index (χ1n) is 7.33. The Labute approximate surface area is 139 Å². The highest BCUT2D eigenvalue weighted by molar-refractivity contribution is 5.93. The number of methoxy groups -OCH3 is 1. The number of imidazole rings is 1. The van der Waals surface area contributed by atoms with Crippen molar-refractivity contribution in [3.8, 4) is 5.75 Å². The number of anilines is 1. The summed E-state index contributed by atoms with van der Waals surface area (Å²) >= 11 is 0. The van der Waals surface area contributed by atoms with Crippen molar-refractivity contribution in [1.29, 1.82) is 0 Å². The van der Waals surface area contributed by atoms with Crippen molar-refractivity contribution in [1.82, 2.24) is 14.5 Å². The molecule has 0 aliphatic rings. The summed E-state index contributed by atoms with van der Waals surface area (Å²) in [5.74, 6) is 0.495. The van der Waals surface area contributed by atoms with E-state index in [-0.39, 0.29) is 24.8 Å². The molecule has 0 aliphatic carbocycles. The molecule has 2 aromatic rings. The van der Waals surface area contributed by atoms with E-state index in [0.717, 1.165) is 10.1 Å². The maximum atomic E-state index is 12.8. The fourth-order valence-electron chi connectivity index (χ4n) is 2.30. The van der Waals surface area contributed by atoms with Crippen molar-refractivity contribution < 1.29 is 18.3 Å². The van der Waals surface area contributed by atoms with Gasteiger partial charge in [-0.2, -0.15) is 8.78 Å². The zero-order valence-corrected chi connectivity index (χ0v) is 13.8. The number of rotatable bonds is 7.